The van der Waals surface area contributed by atoms with Gasteiger partial charge in [-0.15, -0.1) is 0 Å². The number of halogens is 3. The van der Waals surface area contributed by atoms with Gasteiger partial charge in [-0.1, -0.05) is 34.8 Å². The Morgan fingerprint density at radius 2 is 1.67 bits per heavy atom. The molecule has 1 atom stereocenters. The van der Waals surface area contributed by atoms with Gasteiger partial charge >= 0.3 is 0 Å². The Morgan fingerprint density at radius 1 is 0.963 bits per heavy atom. The fraction of sp³-hybridized carbons (Fsp3) is 0.167. The van der Waals surface area contributed by atoms with Gasteiger partial charge in [0.2, 0.25) is 11.8 Å². The molecule has 3 rings (SSSR count). The molecule has 1 aliphatic rings. The molecule has 1 saturated heterocycles. The van der Waals surface area contributed by atoms with E-state index in [-0.39, 0.29) is 29.5 Å². The van der Waals surface area contributed by atoms with Gasteiger partial charge in [-0.2, -0.15) is 0 Å². The van der Waals surface area contributed by atoms with Crippen molar-refractivity contribution in [2.45, 2.75) is 6.42 Å². The number of carbonyl (C=O) groups excluding carboxylic acids is 3. The summed E-state index contributed by atoms with van der Waals surface area (Å²) in [6, 6.07) is 11.1. The Morgan fingerprint density at radius 3 is 2.33 bits per heavy atom. The number of hydrogen-bond donors (Lipinski definition) is 2. The Labute approximate surface area is 170 Å². The number of rotatable bonds is 3. The molecule has 1 fully saturated rings. The van der Waals surface area contributed by atoms with E-state index >= 15 is 0 Å². The second-order valence-electron chi connectivity index (χ2n) is 5.95. The van der Waals surface area contributed by atoms with Gasteiger partial charge in [0.05, 0.1) is 16.0 Å². The topological polar surface area (TPSA) is 78.5 Å². The van der Waals surface area contributed by atoms with Gasteiger partial charge < -0.3 is 4.90 Å². The van der Waals surface area contributed by atoms with Gasteiger partial charge in [-0.25, -0.2) is 0 Å². The molecule has 0 unspecified atom stereocenters. The van der Waals surface area contributed by atoms with Crippen LogP contribution in [0.1, 0.15) is 16.8 Å². The number of anilines is 1. The van der Waals surface area contributed by atoms with E-state index in [2.05, 4.69) is 10.9 Å². The number of nitrogens with zero attached hydrogens (tertiary/aromatic N) is 1. The third kappa shape index (κ3) is 4.53. The zero-order valence-corrected chi connectivity index (χ0v) is 16.1. The quantitative estimate of drug-likeness (QED) is 0.738. The molecule has 0 saturated carbocycles. The van der Waals surface area contributed by atoms with Crippen LogP contribution >= 0.6 is 34.8 Å². The van der Waals surface area contributed by atoms with Crippen molar-refractivity contribution >= 4 is 58.2 Å². The predicted molar refractivity (Wildman–Crippen MR) is 104 cm³/mol. The first-order valence-corrected chi connectivity index (χ1v) is 9.09. The van der Waals surface area contributed by atoms with Gasteiger partial charge in [0.15, 0.2) is 0 Å². The largest absolute Gasteiger partial charge is 0.312 e. The van der Waals surface area contributed by atoms with Gasteiger partial charge in [0.25, 0.3) is 5.91 Å². The smallest absolute Gasteiger partial charge is 0.269 e. The summed E-state index contributed by atoms with van der Waals surface area (Å²) >= 11 is 17.5. The molecule has 27 heavy (non-hydrogen) atoms. The summed E-state index contributed by atoms with van der Waals surface area (Å²) in [5, 5.41) is 1.12. The fourth-order valence-corrected chi connectivity index (χ4v) is 3.11. The molecular weight excluding hydrogens is 413 g/mol. The van der Waals surface area contributed by atoms with E-state index in [0.29, 0.717) is 15.7 Å². The van der Waals surface area contributed by atoms with Crippen molar-refractivity contribution in [2.75, 3.05) is 11.4 Å². The fourth-order valence-electron chi connectivity index (χ4n) is 2.68. The summed E-state index contributed by atoms with van der Waals surface area (Å²) in [5.74, 6) is -1.75. The molecule has 6 nitrogen and oxygen atoms in total. The molecule has 1 aliphatic heterocycles. The van der Waals surface area contributed by atoms with Crippen molar-refractivity contribution in [1.29, 1.82) is 0 Å². The molecule has 140 valence electrons. The van der Waals surface area contributed by atoms with Gasteiger partial charge in [-0.05, 0) is 42.5 Å². The van der Waals surface area contributed by atoms with E-state index in [1.54, 1.807) is 24.3 Å². The SMILES string of the molecule is O=C(NNC(=O)[C@H]1CC(=O)N(c2ccc(Cl)cc2)C1)c1ccc(Cl)c(Cl)c1. The summed E-state index contributed by atoms with van der Waals surface area (Å²) in [6.45, 7) is 0.217. The number of hydrazine groups is 1. The van der Waals surface area contributed by atoms with E-state index in [9.17, 15) is 14.4 Å². The lowest BCUT2D eigenvalue weighted by Gasteiger charge is -2.17. The highest BCUT2D eigenvalue weighted by atomic mass is 35.5. The highest BCUT2D eigenvalue weighted by Crippen LogP contribution is 2.26. The van der Waals surface area contributed by atoms with Crippen LogP contribution in [-0.2, 0) is 9.59 Å². The van der Waals surface area contributed by atoms with E-state index in [1.165, 1.54) is 23.1 Å². The minimum atomic E-state index is -0.581. The van der Waals surface area contributed by atoms with Crippen molar-refractivity contribution in [3.05, 3.63) is 63.1 Å². The summed E-state index contributed by atoms with van der Waals surface area (Å²) in [4.78, 5) is 38.1. The van der Waals surface area contributed by atoms with Crippen molar-refractivity contribution in [3.63, 3.8) is 0 Å². The lowest BCUT2D eigenvalue weighted by atomic mass is 10.1. The Balaban J connectivity index is 1.58. The van der Waals surface area contributed by atoms with Crippen LogP contribution < -0.4 is 15.8 Å². The Kier molecular flexibility index (Phi) is 5.89. The summed E-state index contributed by atoms with van der Waals surface area (Å²) < 4.78 is 0. The molecule has 0 spiro atoms. The maximum atomic E-state index is 12.3. The molecule has 0 aliphatic carbocycles. The van der Waals surface area contributed by atoms with Crippen LogP contribution in [0.25, 0.3) is 0 Å². The van der Waals surface area contributed by atoms with Crippen LogP contribution in [0.15, 0.2) is 42.5 Å². The zero-order chi connectivity index (χ0) is 19.6. The molecular formula is C18H14Cl3N3O3. The first kappa shape index (κ1) is 19.5. The molecule has 0 aromatic heterocycles. The maximum Gasteiger partial charge on any atom is 0.269 e. The van der Waals surface area contributed by atoms with E-state index in [0.717, 1.165) is 0 Å². The number of hydrogen-bond acceptors (Lipinski definition) is 3. The molecule has 0 bridgehead atoms. The van der Waals surface area contributed by atoms with Crippen molar-refractivity contribution < 1.29 is 14.4 Å². The van der Waals surface area contributed by atoms with Gasteiger partial charge in [-0.3, -0.25) is 25.2 Å². The lowest BCUT2D eigenvalue weighted by Crippen LogP contribution is -2.45. The lowest BCUT2D eigenvalue weighted by molar-refractivity contribution is -0.126. The summed E-state index contributed by atoms with van der Waals surface area (Å²) in [7, 11) is 0. The second kappa shape index (κ2) is 8.17. The van der Waals surface area contributed by atoms with Crippen molar-refractivity contribution in [1.82, 2.24) is 10.9 Å². The first-order chi connectivity index (χ1) is 12.8. The van der Waals surface area contributed by atoms with Crippen molar-refractivity contribution in [2.24, 2.45) is 5.92 Å². The molecule has 2 aromatic carbocycles. The maximum absolute atomic E-state index is 12.3. The number of nitrogens with one attached hydrogen (secondary N) is 2. The third-order valence-electron chi connectivity index (χ3n) is 4.12. The minimum Gasteiger partial charge on any atom is -0.312 e. The Hall–Kier alpha value is -2.28. The average Bonchev–Trinajstić information content (AvgIpc) is 3.04. The van der Waals surface area contributed by atoms with Gasteiger partial charge in [0, 0.05) is 29.2 Å². The Bertz CT molecular complexity index is 902. The minimum absolute atomic E-state index is 0.0527. The van der Waals surface area contributed by atoms with E-state index < -0.39 is 17.7 Å². The van der Waals surface area contributed by atoms with Crippen LogP contribution in [0.5, 0.6) is 0 Å². The van der Waals surface area contributed by atoms with Crippen LogP contribution in [0.2, 0.25) is 15.1 Å². The second-order valence-corrected chi connectivity index (χ2v) is 7.20. The molecule has 0 radical (unpaired) electrons. The molecule has 9 heteroatoms. The molecule has 2 N–H and O–H groups in total. The van der Waals surface area contributed by atoms with Crippen LogP contribution in [-0.4, -0.2) is 24.3 Å². The van der Waals surface area contributed by atoms with Crippen LogP contribution in [0.4, 0.5) is 5.69 Å². The summed E-state index contributed by atoms with van der Waals surface area (Å²) in [6.07, 6.45) is 0.0527. The van der Waals surface area contributed by atoms with Crippen LogP contribution in [0.3, 0.4) is 0 Å². The first-order valence-electron chi connectivity index (χ1n) is 7.96. The van der Waals surface area contributed by atoms with Crippen molar-refractivity contribution in [3.8, 4) is 0 Å². The normalized spacial score (nSPS) is 16.3. The number of carbonyl (C=O) groups is 3. The van der Waals surface area contributed by atoms with E-state index in [1.807, 2.05) is 0 Å². The number of amides is 3. The zero-order valence-electron chi connectivity index (χ0n) is 13.8. The molecule has 1 heterocycles. The third-order valence-corrected chi connectivity index (χ3v) is 5.11. The monoisotopic (exact) mass is 425 g/mol. The molecule has 3 amide bonds. The van der Waals surface area contributed by atoms with Gasteiger partial charge in [0.1, 0.15) is 0 Å². The summed E-state index contributed by atoms with van der Waals surface area (Å²) in [5.41, 5.74) is 5.57. The van der Waals surface area contributed by atoms with Crippen LogP contribution in [0, 0.1) is 5.92 Å². The van der Waals surface area contributed by atoms with E-state index in [4.69, 9.17) is 34.8 Å². The molecule has 2 aromatic rings. The highest BCUT2D eigenvalue weighted by Gasteiger charge is 2.35. The average molecular weight is 427 g/mol. The standard InChI is InChI=1S/C18H14Cl3N3O3/c19-12-2-4-13(5-3-12)24-9-11(8-16(24)25)18(27)23-22-17(26)10-1-6-14(20)15(21)7-10/h1-7,11H,8-9H2,(H,22,26)(H,23,27)/t11-/m0/s1. The number of benzene rings is 2. The highest BCUT2D eigenvalue weighted by molar-refractivity contribution is 6.42. The predicted octanol–water partition coefficient (Wildman–Crippen LogP) is 3.46.